The number of hydrogen-bond donors (Lipinski definition) is 1. The van der Waals surface area contributed by atoms with Crippen LogP contribution in [0.3, 0.4) is 0 Å². The number of halogens is 2. The molecule has 1 heterocycles. The molecule has 0 aliphatic rings. The van der Waals surface area contributed by atoms with Crippen molar-refractivity contribution < 1.29 is 27.8 Å². The highest BCUT2D eigenvalue weighted by atomic mass is 19.3. The van der Waals surface area contributed by atoms with Gasteiger partial charge in [0.15, 0.2) is 0 Å². The van der Waals surface area contributed by atoms with E-state index in [-0.39, 0.29) is 17.1 Å². The summed E-state index contributed by atoms with van der Waals surface area (Å²) in [5.41, 5.74) is 0.450. The lowest BCUT2D eigenvalue weighted by atomic mass is 10.1. The van der Waals surface area contributed by atoms with E-state index in [1.54, 1.807) is 6.07 Å². The molecule has 18 heavy (non-hydrogen) atoms. The molecule has 0 saturated carbocycles. The average molecular weight is 254 g/mol. The lowest BCUT2D eigenvalue weighted by Crippen LogP contribution is -2.01. The maximum Gasteiger partial charge on any atom is 0.387 e. The molecular formula is C12H8F2O4. The summed E-state index contributed by atoms with van der Waals surface area (Å²) in [7, 11) is 0. The van der Waals surface area contributed by atoms with Crippen LogP contribution in [-0.4, -0.2) is 17.7 Å². The van der Waals surface area contributed by atoms with Crippen LogP contribution in [0, 0.1) is 0 Å². The molecule has 0 spiro atoms. The quantitative estimate of drug-likeness (QED) is 0.909. The van der Waals surface area contributed by atoms with E-state index in [0.29, 0.717) is 5.56 Å². The molecule has 0 saturated heterocycles. The Morgan fingerprint density at radius 1 is 1.33 bits per heavy atom. The van der Waals surface area contributed by atoms with Crippen molar-refractivity contribution in [3.63, 3.8) is 0 Å². The van der Waals surface area contributed by atoms with Gasteiger partial charge in [-0.2, -0.15) is 8.78 Å². The molecule has 2 aromatic rings. The van der Waals surface area contributed by atoms with Crippen LogP contribution in [-0.2, 0) is 0 Å². The van der Waals surface area contributed by atoms with Crippen LogP contribution < -0.4 is 4.74 Å². The third-order valence-electron chi connectivity index (χ3n) is 2.19. The third kappa shape index (κ3) is 2.65. The fourth-order valence-corrected chi connectivity index (χ4v) is 1.43. The van der Waals surface area contributed by atoms with E-state index in [9.17, 15) is 13.6 Å². The predicted molar refractivity (Wildman–Crippen MR) is 57.7 cm³/mol. The zero-order valence-corrected chi connectivity index (χ0v) is 8.97. The molecule has 0 atom stereocenters. The monoisotopic (exact) mass is 254 g/mol. The van der Waals surface area contributed by atoms with Gasteiger partial charge in [0.05, 0.1) is 5.56 Å². The highest BCUT2D eigenvalue weighted by Gasteiger charge is 2.11. The molecule has 0 amide bonds. The average Bonchev–Trinajstić information content (AvgIpc) is 2.77. The van der Waals surface area contributed by atoms with E-state index < -0.39 is 12.6 Å². The Kier molecular flexibility index (Phi) is 3.27. The second kappa shape index (κ2) is 4.87. The molecular weight excluding hydrogens is 246 g/mol. The number of benzene rings is 1. The number of hydrogen-bond acceptors (Lipinski definition) is 3. The first-order valence-electron chi connectivity index (χ1n) is 4.93. The number of alkyl halides is 2. The molecule has 1 aromatic carbocycles. The molecule has 0 aliphatic carbocycles. The molecule has 0 unspecified atom stereocenters. The summed E-state index contributed by atoms with van der Waals surface area (Å²) in [6.07, 6.45) is 1.08. The van der Waals surface area contributed by atoms with Crippen LogP contribution in [0.15, 0.2) is 41.0 Å². The van der Waals surface area contributed by atoms with Gasteiger partial charge in [-0.15, -0.1) is 0 Å². The van der Waals surface area contributed by atoms with Crippen LogP contribution >= 0.6 is 0 Å². The maximum atomic E-state index is 12.0. The van der Waals surface area contributed by atoms with Crippen LogP contribution in [0.25, 0.3) is 11.3 Å². The molecule has 0 bridgehead atoms. The molecule has 0 aliphatic heterocycles. The minimum Gasteiger partial charge on any atom is -0.478 e. The Bertz CT molecular complexity index is 563. The summed E-state index contributed by atoms with van der Waals surface area (Å²) in [6, 6.07) is 7.13. The Morgan fingerprint density at radius 3 is 2.72 bits per heavy atom. The molecule has 2 rings (SSSR count). The summed E-state index contributed by atoms with van der Waals surface area (Å²) in [6.45, 7) is -2.91. The first-order valence-corrected chi connectivity index (χ1v) is 4.93. The van der Waals surface area contributed by atoms with Crippen LogP contribution in [0.5, 0.6) is 5.75 Å². The zero-order valence-electron chi connectivity index (χ0n) is 8.97. The van der Waals surface area contributed by atoms with E-state index in [0.717, 1.165) is 6.26 Å². The fraction of sp³-hybridized carbons (Fsp3) is 0.0833. The van der Waals surface area contributed by atoms with Crippen molar-refractivity contribution in [1.29, 1.82) is 0 Å². The van der Waals surface area contributed by atoms with Gasteiger partial charge in [-0.25, -0.2) is 4.79 Å². The van der Waals surface area contributed by atoms with Gasteiger partial charge < -0.3 is 14.3 Å². The minimum atomic E-state index is -2.91. The van der Waals surface area contributed by atoms with Crippen molar-refractivity contribution in [3.8, 4) is 17.1 Å². The molecule has 4 nitrogen and oxygen atoms in total. The lowest BCUT2D eigenvalue weighted by Gasteiger charge is -2.05. The summed E-state index contributed by atoms with van der Waals surface area (Å²) in [5.74, 6) is -0.868. The van der Waals surface area contributed by atoms with Gasteiger partial charge >= 0.3 is 12.6 Å². The SMILES string of the molecule is O=C(O)c1coc(-c2cccc(OC(F)F)c2)c1. The largest absolute Gasteiger partial charge is 0.478 e. The number of ether oxygens (including phenoxy) is 1. The van der Waals surface area contributed by atoms with E-state index >= 15 is 0 Å². The fourth-order valence-electron chi connectivity index (χ4n) is 1.43. The van der Waals surface area contributed by atoms with Gasteiger partial charge in [0, 0.05) is 5.56 Å². The smallest absolute Gasteiger partial charge is 0.387 e. The van der Waals surface area contributed by atoms with Crippen LogP contribution in [0.4, 0.5) is 8.78 Å². The zero-order chi connectivity index (χ0) is 13.1. The van der Waals surface area contributed by atoms with Gasteiger partial charge in [0.2, 0.25) is 0 Å². The Balaban J connectivity index is 2.29. The number of furan rings is 1. The molecule has 6 heteroatoms. The second-order valence-corrected chi connectivity index (χ2v) is 3.41. The Morgan fingerprint density at radius 2 is 2.11 bits per heavy atom. The predicted octanol–water partition coefficient (Wildman–Crippen LogP) is 3.25. The van der Waals surface area contributed by atoms with Crippen molar-refractivity contribution in [2.75, 3.05) is 0 Å². The summed E-state index contributed by atoms with van der Waals surface area (Å²) < 4.78 is 33.4. The van der Waals surface area contributed by atoms with Gasteiger partial charge in [-0.3, -0.25) is 0 Å². The number of carboxylic acid groups (broad SMARTS) is 1. The van der Waals surface area contributed by atoms with Gasteiger partial charge in [-0.05, 0) is 18.2 Å². The van der Waals surface area contributed by atoms with E-state index in [2.05, 4.69) is 4.74 Å². The molecule has 1 N–H and O–H groups in total. The first kappa shape index (κ1) is 12.1. The minimum absolute atomic E-state index is 0.00909. The molecule has 0 fully saturated rings. The van der Waals surface area contributed by atoms with E-state index in [1.807, 2.05) is 0 Å². The van der Waals surface area contributed by atoms with Crippen molar-refractivity contribution in [1.82, 2.24) is 0 Å². The number of carboxylic acids is 1. The first-order chi connectivity index (χ1) is 8.56. The summed E-state index contributed by atoms with van der Waals surface area (Å²) in [4.78, 5) is 10.7. The second-order valence-electron chi connectivity index (χ2n) is 3.41. The summed E-state index contributed by atoms with van der Waals surface area (Å²) in [5, 5.41) is 8.73. The van der Waals surface area contributed by atoms with Gasteiger partial charge in [0.1, 0.15) is 17.8 Å². The normalized spacial score (nSPS) is 10.6. The highest BCUT2D eigenvalue weighted by Crippen LogP contribution is 2.26. The molecule has 94 valence electrons. The van der Waals surface area contributed by atoms with Crippen molar-refractivity contribution in [2.24, 2.45) is 0 Å². The highest BCUT2D eigenvalue weighted by molar-refractivity contribution is 5.88. The number of aromatic carboxylic acids is 1. The Hall–Kier alpha value is -2.37. The maximum absolute atomic E-state index is 12.0. The number of carbonyl (C=O) groups is 1. The summed E-state index contributed by atoms with van der Waals surface area (Å²) >= 11 is 0. The van der Waals surface area contributed by atoms with Gasteiger partial charge in [-0.1, -0.05) is 12.1 Å². The Labute approximate surface area is 100 Å². The van der Waals surface area contributed by atoms with Crippen LogP contribution in [0.2, 0.25) is 0 Å². The molecule has 1 aromatic heterocycles. The number of rotatable bonds is 4. The third-order valence-corrected chi connectivity index (χ3v) is 2.19. The van der Waals surface area contributed by atoms with E-state index in [1.165, 1.54) is 24.3 Å². The van der Waals surface area contributed by atoms with Crippen molar-refractivity contribution in [3.05, 3.63) is 42.2 Å². The van der Waals surface area contributed by atoms with Crippen molar-refractivity contribution >= 4 is 5.97 Å². The lowest BCUT2D eigenvalue weighted by molar-refractivity contribution is -0.0498. The molecule has 0 radical (unpaired) electrons. The van der Waals surface area contributed by atoms with E-state index in [4.69, 9.17) is 9.52 Å². The van der Waals surface area contributed by atoms with Crippen molar-refractivity contribution in [2.45, 2.75) is 6.61 Å². The van der Waals surface area contributed by atoms with Crippen LogP contribution in [0.1, 0.15) is 10.4 Å². The van der Waals surface area contributed by atoms with Gasteiger partial charge in [0.25, 0.3) is 0 Å². The topological polar surface area (TPSA) is 59.7 Å². The standard InChI is InChI=1S/C12H8F2O4/c13-12(14)18-9-3-1-2-7(4-9)10-5-8(6-17-10)11(15)16/h1-6,12H,(H,15,16).